The SMILES string of the molecule is CCN1CCN(C(=O)C=Cc2ccc(OCC(C)C)c(OC)c2)CC1. The molecule has 1 heterocycles. The Bertz CT molecular complexity index is 591. The fourth-order valence-corrected chi connectivity index (χ4v) is 2.72. The Morgan fingerprint density at radius 1 is 1.20 bits per heavy atom. The Balaban J connectivity index is 1.97. The van der Waals surface area contributed by atoms with Crippen LogP contribution in [0.25, 0.3) is 6.08 Å². The lowest BCUT2D eigenvalue weighted by Gasteiger charge is -2.33. The van der Waals surface area contributed by atoms with Gasteiger partial charge in [0.25, 0.3) is 0 Å². The Morgan fingerprint density at radius 3 is 2.52 bits per heavy atom. The Kier molecular flexibility index (Phi) is 7.31. The third-order valence-electron chi connectivity index (χ3n) is 4.31. The highest BCUT2D eigenvalue weighted by atomic mass is 16.5. The summed E-state index contributed by atoms with van der Waals surface area (Å²) in [6.45, 7) is 11.5. The van der Waals surface area contributed by atoms with Gasteiger partial charge in [-0.15, -0.1) is 0 Å². The molecule has 0 bridgehead atoms. The number of amides is 1. The molecule has 0 aromatic heterocycles. The first-order valence-corrected chi connectivity index (χ1v) is 9.03. The number of piperazine rings is 1. The van der Waals surface area contributed by atoms with E-state index in [0.717, 1.165) is 44.0 Å². The summed E-state index contributed by atoms with van der Waals surface area (Å²) in [4.78, 5) is 16.6. The fourth-order valence-electron chi connectivity index (χ4n) is 2.72. The zero-order valence-electron chi connectivity index (χ0n) is 15.8. The molecule has 1 aromatic carbocycles. The number of hydrogen-bond donors (Lipinski definition) is 0. The minimum atomic E-state index is 0.0647. The lowest BCUT2D eigenvalue weighted by molar-refractivity contribution is -0.127. The molecule has 1 fully saturated rings. The number of ether oxygens (including phenoxy) is 2. The number of likely N-dealkylation sites (N-methyl/N-ethyl adjacent to an activating group) is 1. The van der Waals surface area contributed by atoms with Crippen LogP contribution in [-0.2, 0) is 4.79 Å². The van der Waals surface area contributed by atoms with Crippen LogP contribution in [0, 0.1) is 5.92 Å². The standard InChI is InChI=1S/C20H30N2O3/c1-5-21-10-12-22(13-11-21)20(23)9-7-17-6-8-18(19(14-17)24-4)25-15-16(2)3/h6-9,14,16H,5,10-13,15H2,1-4H3. The van der Waals surface area contributed by atoms with Gasteiger partial charge in [0.1, 0.15) is 0 Å². The van der Waals surface area contributed by atoms with Crippen LogP contribution in [0.4, 0.5) is 0 Å². The van der Waals surface area contributed by atoms with Crippen LogP contribution in [0.2, 0.25) is 0 Å². The molecule has 0 N–H and O–H groups in total. The van der Waals surface area contributed by atoms with Crippen LogP contribution < -0.4 is 9.47 Å². The molecule has 0 radical (unpaired) electrons. The molecule has 138 valence electrons. The molecule has 1 aliphatic rings. The monoisotopic (exact) mass is 346 g/mol. The van der Waals surface area contributed by atoms with E-state index in [9.17, 15) is 4.79 Å². The first kappa shape index (κ1) is 19.3. The van der Waals surface area contributed by atoms with Crippen molar-refractivity contribution >= 4 is 12.0 Å². The van der Waals surface area contributed by atoms with Crippen molar-refractivity contribution in [3.8, 4) is 11.5 Å². The third-order valence-corrected chi connectivity index (χ3v) is 4.31. The van der Waals surface area contributed by atoms with E-state index in [1.54, 1.807) is 13.2 Å². The minimum absolute atomic E-state index is 0.0647. The van der Waals surface area contributed by atoms with E-state index < -0.39 is 0 Å². The molecule has 0 aliphatic carbocycles. The van der Waals surface area contributed by atoms with Gasteiger partial charge in [0.05, 0.1) is 13.7 Å². The van der Waals surface area contributed by atoms with Crippen molar-refractivity contribution in [3.05, 3.63) is 29.8 Å². The third kappa shape index (κ3) is 5.78. The van der Waals surface area contributed by atoms with E-state index >= 15 is 0 Å². The van der Waals surface area contributed by atoms with E-state index in [0.29, 0.717) is 18.3 Å². The smallest absolute Gasteiger partial charge is 0.246 e. The lowest BCUT2D eigenvalue weighted by Crippen LogP contribution is -2.48. The van der Waals surface area contributed by atoms with Crippen LogP contribution in [0.3, 0.4) is 0 Å². The molecule has 0 saturated carbocycles. The highest BCUT2D eigenvalue weighted by Gasteiger charge is 2.18. The molecule has 5 nitrogen and oxygen atoms in total. The number of carbonyl (C=O) groups excluding carboxylic acids is 1. The van der Waals surface area contributed by atoms with Crippen molar-refractivity contribution in [3.63, 3.8) is 0 Å². The van der Waals surface area contributed by atoms with Crippen molar-refractivity contribution in [1.82, 2.24) is 9.80 Å². The van der Waals surface area contributed by atoms with Gasteiger partial charge in [0.15, 0.2) is 11.5 Å². The summed E-state index contributed by atoms with van der Waals surface area (Å²) in [5.74, 6) is 1.94. The second-order valence-electron chi connectivity index (χ2n) is 6.71. The predicted molar refractivity (Wildman–Crippen MR) is 101 cm³/mol. The quantitative estimate of drug-likeness (QED) is 0.712. The molecule has 0 unspecified atom stereocenters. The van der Waals surface area contributed by atoms with E-state index in [1.807, 2.05) is 29.2 Å². The van der Waals surface area contributed by atoms with Gasteiger partial charge >= 0.3 is 0 Å². The molecular formula is C20H30N2O3. The largest absolute Gasteiger partial charge is 0.493 e. The zero-order valence-corrected chi connectivity index (χ0v) is 15.8. The first-order valence-electron chi connectivity index (χ1n) is 9.03. The van der Waals surface area contributed by atoms with E-state index in [2.05, 4.69) is 25.7 Å². The second-order valence-corrected chi connectivity index (χ2v) is 6.71. The molecule has 1 saturated heterocycles. The topological polar surface area (TPSA) is 42.0 Å². The van der Waals surface area contributed by atoms with Crippen LogP contribution >= 0.6 is 0 Å². The maximum absolute atomic E-state index is 12.3. The molecule has 2 rings (SSSR count). The summed E-state index contributed by atoms with van der Waals surface area (Å²) < 4.78 is 11.2. The highest BCUT2D eigenvalue weighted by molar-refractivity contribution is 5.92. The molecule has 5 heteroatoms. The molecule has 1 aliphatic heterocycles. The van der Waals surface area contributed by atoms with Gasteiger partial charge in [-0.25, -0.2) is 0 Å². The molecule has 0 spiro atoms. The maximum atomic E-state index is 12.3. The van der Waals surface area contributed by atoms with Crippen molar-refractivity contribution in [2.45, 2.75) is 20.8 Å². The predicted octanol–water partition coefficient (Wildman–Crippen LogP) is 2.91. The average molecular weight is 346 g/mol. The summed E-state index contributed by atoms with van der Waals surface area (Å²) in [6, 6.07) is 5.73. The molecule has 0 atom stereocenters. The number of hydrogen-bond acceptors (Lipinski definition) is 4. The summed E-state index contributed by atoms with van der Waals surface area (Å²) in [5, 5.41) is 0. The lowest BCUT2D eigenvalue weighted by atomic mass is 10.1. The molecule has 1 amide bonds. The summed E-state index contributed by atoms with van der Waals surface area (Å²) >= 11 is 0. The summed E-state index contributed by atoms with van der Waals surface area (Å²) in [7, 11) is 1.63. The normalized spacial score (nSPS) is 15.8. The fraction of sp³-hybridized carbons (Fsp3) is 0.550. The van der Waals surface area contributed by atoms with E-state index in [1.165, 1.54) is 0 Å². The van der Waals surface area contributed by atoms with Gasteiger partial charge in [0.2, 0.25) is 5.91 Å². The zero-order chi connectivity index (χ0) is 18.2. The summed E-state index contributed by atoms with van der Waals surface area (Å²) in [5.41, 5.74) is 0.925. The van der Waals surface area contributed by atoms with E-state index in [4.69, 9.17) is 9.47 Å². The number of rotatable bonds is 7. The van der Waals surface area contributed by atoms with Gasteiger partial charge in [-0.2, -0.15) is 0 Å². The van der Waals surface area contributed by atoms with Gasteiger partial charge in [-0.05, 0) is 36.2 Å². The number of nitrogens with zero attached hydrogens (tertiary/aromatic N) is 2. The molecule has 1 aromatic rings. The van der Waals surface area contributed by atoms with E-state index in [-0.39, 0.29) is 5.91 Å². The number of methoxy groups -OCH3 is 1. The highest BCUT2D eigenvalue weighted by Crippen LogP contribution is 2.29. The number of carbonyl (C=O) groups is 1. The van der Waals surface area contributed by atoms with Gasteiger partial charge in [-0.3, -0.25) is 4.79 Å². The number of benzene rings is 1. The Morgan fingerprint density at radius 2 is 1.92 bits per heavy atom. The van der Waals surface area contributed by atoms with Gasteiger partial charge < -0.3 is 19.3 Å². The molecule has 25 heavy (non-hydrogen) atoms. The van der Waals surface area contributed by atoms with Crippen molar-refractivity contribution in [2.24, 2.45) is 5.92 Å². The Hall–Kier alpha value is -2.01. The average Bonchev–Trinajstić information content (AvgIpc) is 2.64. The van der Waals surface area contributed by atoms with Crippen LogP contribution in [-0.4, -0.2) is 62.1 Å². The second kappa shape index (κ2) is 9.47. The summed E-state index contributed by atoms with van der Waals surface area (Å²) in [6.07, 6.45) is 3.48. The van der Waals surface area contributed by atoms with Gasteiger partial charge in [0, 0.05) is 32.3 Å². The van der Waals surface area contributed by atoms with Crippen molar-refractivity contribution in [1.29, 1.82) is 0 Å². The van der Waals surface area contributed by atoms with Crippen LogP contribution in [0.1, 0.15) is 26.3 Å². The van der Waals surface area contributed by atoms with Crippen molar-refractivity contribution < 1.29 is 14.3 Å². The van der Waals surface area contributed by atoms with Crippen molar-refractivity contribution in [2.75, 3.05) is 46.4 Å². The minimum Gasteiger partial charge on any atom is -0.493 e. The van der Waals surface area contributed by atoms with Gasteiger partial charge in [-0.1, -0.05) is 26.8 Å². The maximum Gasteiger partial charge on any atom is 0.246 e. The van der Waals surface area contributed by atoms with Crippen LogP contribution in [0.15, 0.2) is 24.3 Å². The Labute approximate surface area is 151 Å². The first-order chi connectivity index (χ1) is 12.0. The van der Waals surface area contributed by atoms with Crippen LogP contribution in [0.5, 0.6) is 11.5 Å². The molecular weight excluding hydrogens is 316 g/mol.